The lowest BCUT2D eigenvalue weighted by atomic mass is 10.3. The molecule has 0 aliphatic heterocycles. The smallest absolute Gasteiger partial charge is 0.297 e. The summed E-state index contributed by atoms with van der Waals surface area (Å²) >= 11 is 1.39. The highest BCUT2D eigenvalue weighted by atomic mass is 32.1. The molecule has 0 unspecified atom stereocenters. The molecule has 2 amide bonds. The second-order valence-corrected chi connectivity index (χ2v) is 6.66. The van der Waals surface area contributed by atoms with Crippen LogP contribution in [0.15, 0.2) is 35.5 Å². The first kappa shape index (κ1) is 18.0. The zero-order valence-electron chi connectivity index (χ0n) is 14.7. The minimum absolute atomic E-state index is 0.135. The van der Waals surface area contributed by atoms with Crippen LogP contribution >= 0.6 is 11.3 Å². The van der Waals surface area contributed by atoms with Crippen molar-refractivity contribution < 1.29 is 14.3 Å². The van der Waals surface area contributed by atoms with E-state index in [0.29, 0.717) is 29.3 Å². The summed E-state index contributed by atoms with van der Waals surface area (Å²) in [4.78, 5) is 28.6. The molecule has 8 nitrogen and oxygen atoms in total. The molecule has 0 bridgehead atoms. The third-order valence-corrected chi connectivity index (χ3v) is 4.80. The molecule has 0 saturated heterocycles. The van der Waals surface area contributed by atoms with Crippen molar-refractivity contribution in [3.05, 3.63) is 41.0 Å². The summed E-state index contributed by atoms with van der Waals surface area (Å²) in [6.45, 7) is 2.52. The average Bonchev–Trinajstić information content (AvgIpc) is 3.15. The molecular weight excluding hydrogens is 354 g/mol. The molecule has 0 spiro atoms. The van der Waals surface area contributed by atoms with E-state index in [2.05, 4.69) is 15.4 Å². The Morgan fingerprint density at radius 3 is 2.81 bits per heavy atom. The van der Waals surface area contributed by atoms with Crippen LogP contribution < -0.4 is 10.1 Å². The van der Waals surface area contributed by atoms with Crippen molar-refractivity contribution in [2.75, 3.05) is 19.0 Å². The molecule has 0 aliphatic carbocycles. The molecule has 0 saturated carbocycles. The second-order valence-electron chi connectivity index (χ2n) is 5.65. The van der Waals surface area contributed by atoms with E-state index in [1.165, 1.54) is 22.9 Å². The van der Waals surface area contributed by atoms with Crippen molar-refractivity contribution in [3.8, 4) is 0 Å². The zero-order chi connectivity index (χ0) is 18.7. The van der Waals surface area contributed by atoms with Crippen molar-refractivity contribution in [1.29, 1.82) is 0 Å². The number of hydrogen-bond donors (Lipinski definition) is 1. The van der Waals surface area contributed by atoms with Gasteiger partial charge >= 0.3 is 0 Å². The average molecular weight is 373 g/mol. The number of benzene rings is 1. The number of nitrogens with one attached hydrogen (secondary N) is 1. The number of anilines is 1. The van der Waals surface area contributed by atoms with Crippen molar-refractivity contribution in [2.45, 2.75) is 13.5 Å². The molecule has 0 radical (unpaired) electrons. The fourth-order valence-corrected chi connectivity index (χ4v) is 3.66. The van der Waals surface area contributed by atoms with Crippen LogP contribution in [0.5, 0.6) is 0 Å². The number of thiazole rings is 1. The van der Waals surface area contributed by atoms with Crippen LogP contribution in [-0.2, 0) is 23.1 Å². The van der Waals surface area contributed by atoms with E-state index in [1.54, 1.807) is 26.4 Å². The number of methoxy groups -OCH3 is 1. The number of aromatic nitrogens is 3. The van der Waals surface area contributed by atoms with Crippen molar-refractivity contribution in [1.82, 2.24) is 14.3 Å². The second kappa shape index (κ2) is 7.63. The Balaban J connectivity index is 2.10. The Labute approximate surface area is 153 Å². The minimum atomic E-state index is -0.357. The first-order chi connectivity index (χ1) is 12.5. The van der Waals surface area contributed by atoms with Crippen molar-refractivity contribution in [2.24, 2.45) is 12.0 Å². The molecule has 2 heterocycles. The summed E-state index contributed by atoms with van der Waals surface area (Å²) < 4.78 is 9.53. The highest BCUT2D eigenvalue weighted by Gasteiger charge is 2.12. The maximum atomic E-state index is 12.5. The number of ether oxygens (including phenoxy) is 1. The Bertz CT molecular complexity index is 1030. The van der Waals surface area contributed by atoms with E-state index in [-0.39, 0.29) is 11.8 Å². The maximum absolute atomic E-state index is 12.5. The maximum Gasteiger partial charge on any atom is 0.297 e. The number of aryl methyl sites for hydroxylation is 1. The van der Waals surface area contributed by atoms with Crippen LogP contribution in [0.2, 0.25) is 0 Å². The molecule has 0 fully saturated rings. The summed E-state index contributed by atoms with van der Waals surface area (Å²) in [5.41, 5.74) is 2.05. The van der Waals surface area contributed by atoms with Gasteiger partial charge in [-0.2, -0.15) is 10.1 Å². The van der Waals surface area contributed by atoms with E-state index < -0.39 is 0 Å². The fraction of sp³-hybridized carbons (Fsp3) is 0.294. The Kier molecular flexibility index (Phi) is 5.29. The van der Waals surface area contributed by atoms with Gasteiger partial charge in [-0.15, -0.1) is 0 Å². The lowest BCUT2D eigenvalue weighted by Crippen LogP contribution is -2.20. The largest absolute Gasteiger partial charge is 0.383 e. The molecule has 136 valence electrons. The lowest BCUT2D eigenvalue weighted by molar-refractivity contribution is -0.114. The molecule has 0 atom stereocenters. The Morgan fingerprint density at radius 2 is 2.15 bits per heavy atom. The predicted molar refractivity (Wildman–Crippen MR) is 99.1 cm³/mol. The van der Waals surface area contributed by atoms with Gasteiger partial charge in [0.25, 0.3) is 5.91 Å². The predicted octanol–water partition coefficient (Wildman–Crippen LogP) is 1.78. The number of amides is 2. The summed E-state index contributed by atoms with van der Waals surface area (Å²) in [7, 11) is 3.33. The molecule has 3 aromatic rings. The number of carbonyl (C=O) groups is 2. The number of carbonyl (C=O) groups excluding carboxylic acids is 2. The van der Waals surface area contributed by atoms with Gasteiger partial charge in [-0.25, -0.2) is 0 Å². The van der Waals surface area contributed by atoms with E-state index >= 15 is 0 Å². The van der Waals surface area contributed by atoms with Crippen molar-refractivity contribution >= 4 is 39.1 Å². The van der Waals surface area contributed by atoms with Gasteiger partial charge in [0.2, 0.25) is 5.91 Å². The number of rotatable bonds is 5. The van der Waals surface area contributed by atoms with Crippen LogP contribution in [0.25, 0.3) is 10.2 Å². The lowest BCUT2D eigenvalue weighted by Gasteiger charge is -2.05. The van der Waals surface area contributed by atoms with Gasteiger partial charge in [-0.05, 0) is 24.3 Å². The summed E-state index contributed by atoms with van der Waals surface area (Å²) in [5, 5.41) is 6.77. The standard InChI is InChI=1S/C17H19N5O3S/c1-11(23)19-12-4-5-13-15(10-12)26-17(22(13)8-9-25-3)20-16(24)14-6-7-18-21(14)2/h4-7,10H,8-9H2,1-3H3,(H,19,23). The molecule has 0 aliphatic rings. The monoisotopic (exact) mass is 373 g/mol. The van der Waals surface area contributed by atoms with Crippen LogP contribution in [0.3, 0.4) is 0 Å². The zero-order valence-corrected chi connectivity index (χ0v) is 15.5. The van der Waals surface area contributed by atoms with Gasteiger partial charge < -0.3 is 14.6 Å². The van der Waals surface area contributed by atoms with E-state index in [9.17, 15) is 9.59 Å². The molecule has 1 aromatic carbocycles. The Morgan fingerprint density at radius 1 is 1.35 bits per heavy atom. The molecular formula is C17H19N5O3S. The molecule has 1 N–H and O–H groups in total. The highest BCUT2D eigenvalue weighted by molar-refractivity contribution is 7.16. The first-order valence-corrected chi connectivity index (χ1v) is 8.78. The minimum Gasteiger partial charge on any atom is -0.383 e. The van der Waals surface area contributed by atoms with E-state index in [4.69, 9.17) is 4.74 Å². The number of fused-ring (bicyclic) bond motifs is 1. The van der Waals surface area contributed by atoms with Crippen molar-refractivity contribution in [3.63, 3.8) is 0 Å². The van der Waals surface area contributed by atoms with Crippen LogP contribution in [0, 0.1) is 0 Å². The summed E-state index contributed by atoms with van der Waals surface area (Å²) in [6, 6.07) is 7.23. The third kappa shape index (κ3) is 3.73. The molecule has 2 aromatic heterocycles. The van der Waals surface area contributed by atoms with Crippen LogP contribution in [0.1, 0.15) is 17.4 Å². The van der Waals surface area contributed by atoms with Gasteiger partial charge in [-0.1, -0.05) is 11.3 Å². The topological polar surface area (TPSA) is 90.5 Å². The van der Waals surface area contributed by atoms with Gasteiger partial charge in [0, 0.05) is 39.5 Å². The first-order valence-electron chi connectivity index (χ1n) is 7.96. The Hall–Kier alpha value is -2.78. The van der Waals surface area contributed by atoms with E-state index in [1.807, 2.05) is 22.8 Å². The van der Waals surface area contributed by atoms with Gasteiger partial charge in [0.1, 0.15) is 5.69 Å². The third-order valence-electron chi connectivity index (χ3n) is 3.76. The number of hydrogen-bond acceptors (Lipinski definition) is 5. The SMILES string of the molecule is COCCn1c(=NC(=O)c2ccnn2C)sc2cc(NC(C)=O)ccc21. The highest BCUT2D eigenvalue weighted by Crippen LogP contribution is 2.22. The van der Waals surface area contributed by atoms with Crippen LogP contribution in [-0.4, -0.2) is 39.9 Å². The molecule has 26 heavy (non-hydrogen) atoms. The van der Waals surface area contributed by atoms with Crippen LogP contribution in [0.4, 0.5) is 5.69 Å². The molecule has 3 rings (SSSR count). The summed E-state index contributed by atoms with van der Waals surface area (Å²) in [5.74, 6) is -0.491. The van der Waals surface area contributed by atoms with E-state index in [0.717, 1.165) is 10.2 Å². The number of nitrogens with zero attached hydrogens (tertiary/aromatic N) is 4. The quantitative estimate of drug-likeness (QED) is 0.738. The van der Waals surface area contributed by atoms with Gasteiger partial charge in [0.15, 0.2) is 4.80 Å². The van der Waals surface area contributed by atoms with Gasteiger partial charge in [-0.3, -0.25) is 14.3 Å². The molecule has 9 heteroatoms. The summed E-state index contributed by atoms with van der Waals surface area (Å²) in [6.07, 6.45) is 1.56. The fourth-order valence-electron chi connectivity index (χ4n) is 2.57. The van der Waals surface area contributed by atoms with Gasteiger partial charge in [0.05, 0.1) is 16.8 Å². The normalized spacial score (nSPS) is 11.9.